The normalized spacial score (nSPS) is 35.5. The Kier molecular flexibility index (Phi) is 2.70. The molecule has 1 amide bonds. The molecule has 0 radical (unpaired) electrons. The second kappa shape index (κ2) is 4.16. The third-order valence-corrected chi connectivity index (χ3v) is 5.03. The van der Waals surface area contributed by atoms with E-state index in [1.165, 1.54) is 11.3 Å². The zero-order valence-electron chi connectivity index (χ0n) is 10.3. The maximum atomic E-state index is 12.4. The standard InChI is InChI=1S/C13H14N2O3S/c1-13(11(17)18)8-3-2-7(6-8)9(13)10(16)15-12-14-4-5-19-12/h2-5,7-9H,6H2,1H3,(H,17,18)(H,14,15,16)/p-1/t7-,8-,9-,13+/m1/s1. The van der Waals surface area contributed by atoms with E-state index in [9.17, 15) is 14.7 Å². The SMILES string of the molecule is C[C@]1(C(=O)[O-])[C@@H]2C=C[C@H](C2)[C@@H]1C(=O)Nc1nccs1. The average molecular weight is 277 g/mol. The lowest BCUT2D eigenvalue weighted by Gasteiger charge is -2.38. The van der Waals surface area contributed by atoms with Crippen molar-refractivity contribution < 1.29 is 14.7 Å². The minimum Gasteiger partial charge on any atom is -0.550 e. The fourth-order valence-electron chi connectivity index (χ4n) is 3.31. The van der Waals surface area contributed by atoms with Crippen LogP contribution in [0.15, 0.2) is 23.7 Å². The number of allylic oxidation sites excluding steroid dienone is 2. The molecule has 1 aromatic rings. The van der Waals surface area contributed by atoms with Crippen molar-refractivity contribution in [1.29, 1.82) is 0 Å². The Morgan fingerprint density at radius 1 is 1.53 bits per heavy atom. The number of carbonyl (C=O) groups is 2. The molecular formula is C13H13N2O3S-. The number of nitrogens with zero attached hydrogens (tertiary/aromatic N) is 1. The highest BCUT2D eigenvalue weighted by Crippen LogP contribution is 2.56. The molecule has 0 spiro atoms. The van der Waals surface area contributed by atoms with E-state index in [1.807, 2.05) is 12.2 Å². The number of hydrogen-bond acceptors (Lipinski definition) is 5. The number of hydrogen-bond donors (Lipinski definition) is 1. The summed E-state index contributed by atoms with van der Waals surface area (Å²) < 4.78 is 0. The van der Waals surface area contributed by atoms with Gasteiger partial charge in [0, 0.05) is 23.0 Å². The van der Waals surface area contributed by atoms with Crippen molar-refractivity contribution >= 4 is 28.3 Å². The van der Waals surface area contributed by atoms with Gasteiger partial charge in [-0.05, 0) is 18.3 Å². The number of nitrogens with one attached hydrogen (secondary N) is 1. The van der Waals surface area contributed by atoms with Crippen LogP contribution in [0.1, 0.15) is 13.3 Å². The van der Waals surface area contributed by atoms with E-state index < -0.39 is 17.3 Å². The summed E-state index contributed by atoms with van der Waals surface area (Å²) in [6.07, 6.45) is 6.15. The molecule has 0 aromatic carbocycles. The van der Waals surface area contributed by atoms with Crippen LogP contribution >= 0.6 is 11.3 Å². The van der Waals surface area contributed by atoms with Crippen LogP contribution in [0.5, 0.6) is 0 Å². The van der Waals surface area contributed by atoms with Gasteiger partial charge in [-0.3, -0.25) is 4.79 Å². The summed E-state index contributed by atoms with van der Waals surface area (Å²) in [6, 6.07) is 0. The molecule has 2 aliphatic carbocycles. The van der Waals surface area contributed by atoms with Gasteiger partial charge in [-0.15, -0.1) is 11.3 Å². The molecule has 5 nitrogen and oxygen atoms in total. The summed E-state index contributed by atoms with van der Waals surface area (Å²) in [5, 5.41) is 16.5. The Labute approximate surface area is 114 Å². The molecule has 2 aliphatic rings. The van der Waals surface area contributed by atoms with Crippen LogP contribution in [0.2, 0.25) is 0 Å². The molecule has 0 saturated heterocycles. The van der Waals surface area contributed by atoms with Crippen molar-refractivity contribution in [2.45, 2.75) is 13.3 Å². The Morgan fingerprint density at radius 3 is 2.95 bits per heavy atom. The Hall–Kier alpha value is -1.69. The molecule has 1 N–H and O–H groups in total. The lowest BCUT2D eigenvalue weighted by atomic mass is 9.69. The highest BCUT2D eigenvalue weighted by Gasteiger charge is 2.57. The van der Waals surface area contributed by atoms with Crippen molar-refractivity contribution in [3.05, 3.63) is 23.7 Å². The van der Waals surface area contributed by atoms with E-state index in [4.69, 9.17) is 0 Å². The number of fused-ring (bicyclic) bond motifs is 2. The molecule has 1 saturated carbocycles. The fourth-order valence-corrected chi connectivity index (χ4v) is 3.84. The summed E-state index contributed by atoms with van der Waals surface area (Å²) in [5.74, 6) is -2.15. The molecule has 2 bridgehead atoms. The van der Waals surface area contributed by atoms with Crippen LogP contribution < -0.4 is 10.4 Å². The Bertz CT molecular complexity index is 554. The summed E-state index contributed by atoms with van der Waals surface area (Å²) in [6.45, 7) is 1.61. The first-order valence-electron chi connectivity index (χ1n) is 6.13. The van der Waals surface area contributed by atoms with Crippen LogP contribution in [0, 0.1) is 23.2 Å². The summed E-state index contributed by atoms with van der Waals surface area (Å²) >= 11 is 1.31. The Morgan fingerprint density at radius 2 is 2.32 bits per heavy atom. The van der Waals surface area contributed by atoms with Crippen molar-refractivity contribution in [2.75, 3.05) is 5.32 Å². The van der Waals surface area contributed by atoms with Gasteiger partial charge < -0.3 is 15.2 Å². The molecule has 1 heterocycles. The molecule has 0 unspecified atom stereocenters. The molecule has 0 aliphatic heterocycles. The lowest BCUT2D eigenvalue weighted by molar-refractivity contribution is -0.321. The van der Waals surface area contributed by atoms with Gasteiger partial charge in [0.1, 0.15) is 0 Å². The van der Waals surface area contributed by atoms with Crippen molar-refractivity contribution in [3.8, 4) is 0 Å². The smallest absolute Gasteiger partial charge is 0.230 e. The monoisotopic (exact) mass is 277 g/mol. The summed E-state index contributed by atoms with van der Waals surface area (Å²) in [4.78, 5) is 27.8. The first-order chi connectivity index (χ1) is 9.03. The maximum Gasteiger partial charge on any atom is 0.230 e. The Balaban J connectivity index is 1.88. The molecule has 1 fully saturated rings. The number of thiazole rings is 1. The third-order valence-electron chi connectivity index (χ3n) is 4.35. The average Bonchev–Trinajstić information content (AvgIpc) is 3.03. The second-order valence-corrected chi connectivity index (χ2v) is 6.16. The number of amides is 1. The summed E-state index contributed by atoms with van der Waals surface area (Å²) in [7, 11) is 0. The van der Waals surface area contributed by atoms with Crippen molar-refractivity contribution in [3.63, 3.8) is 0 Å². The molecule has 6 heteroatoms. The second-order valence-electron chi connectivity index (χ2n) is 5.27. The highest BCUT2D eigenvalue weighted by atomic mass is 32.1. The van der Waals surface area contributed by atoms with E-state index >= 15 is 0 Å². The largest absolute Gasteiger partial charge is 0.550 e. The molecule has 3 rings (SSSR count). The van der Waals surface area contributed by atoms with E-state index in [0.717, 1.165) is 0 Å². The van der Waals surface area contributed by atoms with Crippen molar-refractivity contribution in [1.82, 2.24) is 4.98 Å². The molecule has 19 heavy (non-hydrogen) atoms. The number of carboxylic acids is 1. The minimum atomic E-state index is -1.15. The van der Waals surface area contributed by atoms with Gasteiger partial charge in [-0.25, -0.2) is 4.98 Å². The number of carboxylic acid groups (broad SMARTS) is 1. The first kappa shape index (κ1) is 12.3. The quantitative estimate of drug-likeness (QED) is 0.823. The zero-order valence-corrected chi connectivity index (χ0v) is 11.1. The lowest BCUT2D eigenvalue weighted by Crippen LogP contribution is -2.51. The molecule has 1 aromatic heterocycles. The van der Waals surface area contributed by atoms with Gasteiger partial charge in [-0.2, -0.15) is 0 Å². The van der Waals surface area contributed by atoms with Gasteiger partial charge in [-0.1, -0.05) is 19.1 Å². The summed E-state index contributed by atoms with van der Waals surface area (Å²) in [5.41, 5.74) is -1.12. The van der Waals surface area contributed by atoms with Gasteiger partial charge in [0.05, 0.1) is 5.92 Å². The van der Waals surface area contributed by atoms with E-state index in [2.05, 4.69) is 10.3 Å². The van der Waals surface area contributed by atoms with E-state index in [-0.39, 0.29) is 17.7 Å². The topological polar surface area (TPSA) is 82.1 Å². The maximum absolute atomic E-state index is 12.4. The number of carbonyl (C=O) groups excluding carboxylic acids is 2. The van der Waals surface area contributed by atoms with Crippen LogP contribution in [0.3, 0.4) is 0 Å². The molecule has 4 atom stereocenters. The zero-order chi connectivity index (χ0) is 13.6. The fraction of sp³-hybridized carbons (Fsp3) is 0.462. The minimum absolute atomic E-state index is 0.0205. The first-order valence-corrected chi connectivity index (χ1v) is 7.01. The predicted molar refractivity (Wildman–Crippen MR) is 68.1 cm³/mol. The highest BCUT2D eigenvalue weighted by molar-refractivity contribution is 7.13. The molecule has 100 valence electrons. The third kappa shape index (κ3) is 1.70. The van der Waals surface area contributed by atoms with Crippen LogP contribution in [-0.2, 0) is 9.59 Å². The van der Waals surface area contributed by atoms with Gasteiger partial charge in [0.2, 0.25) is 5.91 Å². The number of anilines is 1. The number of rotatable bonds is 3. The molecular weight excluding hydrogens is 264 g/mol. The predicted octanol–water partition coefficient (Wildman–Crippen LogP) is 0.660. The van der Waals surface area contributed by atoms with Gasteiger partial charge in [0.15, 0.2) is 5.13 Å². The van der Waals surface area contributed by atoms with E-state index in [1.54, 1.807) is 18.5 Å². The van der Waals surface area contributed by atoms with Crippen LogP contribution in [0.4, 0.5) is 5.13 Å². The van der Waals surface area contributed by atoms with Crippen molar-refractivity contribution in [2.24, 2.45) is 23.2 Å². The van der Waals surface area contributed by atoms with E-state index in [0.29, 0.717) is 11.6 Å². The van der Waals surface area contributed by atoms with Gasteiger partial charge in [0.25, 0.3) is 0 Å². The number of aromatic nitrogens is 1. The number of aliphatic carboxylic acids is 1. The van der Waals surface area contributed by atoms with Crippen LogP contribution in [-0.4, -0.2) is 16.9 Å². The van der Waals surface area contributed by atoms with Crippen LogP contribution in [0.25, 0.3) is 0 Å². The van der Waals surface area contributed by atoms with Gasteiger partial charge >= 0.3 is 0 Å².